The maximum Gasteiger partial charge on any atom is 0.152 e. The number of carbonyl (C=O) groups excluding carboxylic acids is 1. The number of hydrogen-bond acceptors (Lipinski definition) is 3. The monoisotopic (exact) mass is 332 g/mol. The zero-order valence-electron chi connectivity index (χ0n) is 15.4. The van der Waals surface area contributed by atoms with Crippen molar-refractivity contribution in [1.29, 1.82) is 0 Å². The minimum absolute atomic E-state index is 0.221. The number of fused-ring (bicyclic) bond motifs is 5. The van der Waals surface area contributed by atoms with E-state index in [1.54, 1.807) is 5.57 Å². The van der Waals surface area contributed by atoms with Crippen molar-refractivity contribution < 1.29 is 14.6 Å². The van der Waals surface area contributed by atoms with E-state index in [1.165, 1.54) is 6.42 Å². The predicted molar refractivity (Wildman–Crippen MR) is 93.5 cm³/mol. The van der Waals surface area contributed by atoms with Crippen molar-refractivity contribution in [2.24, 2.45) is 28.6 Å². The van der Waals surface area contributed by atoms with Gasteiger partial charge in [0.1, 0.15) is 5.60 Å². The van der Waals surface area contributed by atoms with Crippen molar-refractivity contribution in [1.82, 2.24) is 0 Å². The van der Waals surface area contributed by atoms with E-state index in [9.17, 15) is 9.90 Å². The Balaban J connectivity index is 1.66. The molecule has 24 heavy (non-hydrogen) atoms. The van der Waals surface area contributed by atoms with Crippen molar-refractivity contribution in [2.75, 3.05) is 7.11 Å². The zero-order valence-corrected chi connectivity index (χ0v) is 15.4. The van der Waals surface area contributed by atoms with Gasteiger partial charge >= 0.3 is 0 Å². The average Bonchev–Trinajstić information content (AvgIpc) is 2.86. The number of methoxy groups -OCH3 is 1. The lowest BCUT2D eigenvalue weighted by atomic mass is 9.47. The summed E-state index contributed by atoms with van der Waals surface area (Å²) < 4.78 is 5.64. The molecule has 3 nitrogen and oxygen atoms in total. The summed E-state index contributed by atoms with van der Waals surface area (Å²) in [6.45, 7) is 4.66. The first-order valence-electron chi connectivity index (χ1n) is 9.79. The summed E-state index contributed by atoms with van der Waals surface area (Å²) >= 11 is 0. The number of rotatable bonds is 2. The van der Waals surface area contributed by atoms with E-state index in [-0.39, 0.29) is 5.41 Å². The lowest BCUT2D eigenvalue weighted by Gasteiger charge is -2.58. The van der Waals surface area contributed by atoms with E-state index in [0.717, 1.165) is 44.8 Å². The third-order valence-electron chi connectivity index (χ3n) is 8.80. The van der Waals surface area contributed by atoms with Gasteiger partial charge in [-0.15, -0.1) is 0 Å². The maximum atomic E-state index is 11.6. The Labute approximate surface area is 145 Å². The Hall–Kier alpha value is -0.670. The van der Waals surface area contributed by atoms with Gasteiger partial charge in [-0.25, -0.2) is 0 Å². The molecular formula is C21H32O3. The van der Waals surface area contributed by atoms with Crippen LogP contribution in [0, 0.1) is 28.6 Å². The summed E-state index contributed by atoms with van der Waals surface area (Å²) in [4.78, 5) is 11.6. The first-order chi connectivity index (χ1) is 11.4. The molecule has 4 aliphatic rings. The molecule has 3 fully saturated rings. The highest BCUT2D eigenvalue weighted by Gasteiger charge is 2.63. The fourth-order valence-corrected chi connectivity index (χ4v) is 7.07. The van der Waals surface area contributed by atoms with Crippen molar-refractivity contribution in [3.63, 3.8) is 0 Å². The van der Waals surface area contributed by atoms with E-state index in [0.29, 0.717) is 35.7 Å². The van der Waals surface area contributed by atoms with Crippen LogP contribution < -0.4 is 0 Å². The molecular weight excluding hydrogens is 300 g/mol. The molecule has 0 unspecified atom stereocenters. The number of aliphatic hydroxyl groups is 1. The van der Waals surface area contributed by atoms with Gasteiger partial charge in [0.15, 0.2) is 6.29 Å². The normalized spacial score (nSPS) is 53.6. The Bertz CT molecular complexity index is 569. The van der Waals surface area contributed by atoms with E-state index >= 15 is 0 Å². The van der Waals surface area contributed by atoms with Crippen molar-refractivity contribution >= 4 is 6.29 Å². The smallest absolute Gasteiger partial charge is 0.152 e. The largest absolute Gasteiger partial charge is 0.382 e. The van der Waals surface area contributed by atoms with Crippen molar-refractivity contribution in [2.45, 2.75) is 76.9 Å². The second-order valence-electron chi connectivity index (χ2n) is 9.40. The minimum Gasteiger partial charge on any atom is -0.382 e. The minimum atomic E-state index is -1.10. The fourth-order valence-electron chi connectivity index (χ4n) is 7.07. The second-order valence-corrected chi connectivity index (χ2v) is 9.40. The van der Waals surface area contributed by atoms with Gasteiger partial charge in [0.05, 0.1) is 6.10 Å². The molecule has 0 aromatic heterocycles. The van der Waals surface area contributed by atoms with Crippen molar-refractivity contribution in [3.05, 3.63) is 11.6 Å². The van der Waals surface area contributed by atoms with Crippen LogP contribution in [0.25, 0.3) is 0 Å². The molecule has 0 aliphatic heterocycles. The standard InChI is InChI=1S/C21H32O3/c1-19-9-6-15(24-3)12-14(19)4-5-16-17(19)7-10-20(2)18(16)8-11-21(20,23)13-22/h4,13,15-18,23H,5-12H2,1-3H3/t15-,16+,17-,18-,19-,20-,21-/m0/s1. The van der Waals surface area contributed by atoms with Crippen LogP contribution in [0.2, 0.25) is 0 Å². The van der Waals surface area contributed by atoms with Crippen molar-refractivity contribution in [3.8, 4) is 0 Å². The van der Waals surface area contributed by atoms with Crippen LogP contribution in [0.15, 0.2) is 11.6 Å². The molecule has 0 aromatic rings. The molecule has 3 heteroatoms. The number of hydrogen-bond donors (Lipinski definition) is 1. The maximum absolute atomic E-state index is 11.6. The van der Waals surface area contributed by atoms with E-state index in [2.05, 4.69) is 19.9 Å². The Morgan fingerprint density at radius 3 is 2.62 bits per heavy atom. The number of ether oxygens (including phenoxy) is 1. The number of allylic oxidation sites excluding steroid dienone is 1. The van der Waals surface area contributed by atoms with Gasteiger partial charge in [0.25, 0.3) is 0 Å². The molecule has 7 atom stereocenters. The van der Waals surface area contributed by atoms with Gasteiger partial charge < -0.3 is 14.6 Å². The highest BCUT2D eigenvalue weighted by atomic mass is 16.5. The van der Waals surface area contributed by atoms with E-state index in [1.807, 2.05) is 7.11 Å². The lowest BCUT2D eigenvalue weighted by molar-refractivity contribution is -0.148. The molecule has 0 radical (unpaired) electrons. The zero-order chi connectivity index (χ0) is 17.2. The summed E-state index contributed by atoms with van der Waals surface area (Å²) in [7, 11) is 1.84. The first-order valence-corrected chi connectivity index (χ1v) is 9.79. The molecule has 0 saturated heterocycles. The molecule has 4 aliphatic carbocycles. The third kappa shape index (κ3) is 2.00. The Morgan fingerprint density at radius 2 is 1.92 bits per heavy atom. The average molecular weight is 332 g/mol. The second kappa shape index (κ2) is 5.41. The molecule has 0 spiro atoms. The van der Waals surface area contributed by atoms with Gasteiger partial charge in [0, 0.05) is 12.5 Å². The van der Waals surface area contributed by atoms with Crippen LogP contribution in [0.3, 0.4) is 0 Å². The lowest BCUT2D eigenvalue weighted by Crippen LogP contribution is -2.55. The van der Waals surface area contributed by atoms with Crippen LogP contribution >= 0.6 is 0 Å². The number of carbonyl (C=O) groups is 1. The summed E-state index contributed by atoms with van der Waals surface area (Å²) in [5.74, 6) is 1.83. The Kier molecular flexibility index (Phi) is 3.78. The van der Waals surface area contributed by atoms with Crippen LogP contribution in [-0.4, -0.2) is 30.2 Å². The SMILES string of the molecule is CO[C@H]1CC[C@@]2(C)C(=CC[C@@H]3[C@@H]2CC[C@@]2(C)[C@H]3CC[C@]2(O)C=O)C1. The van der Waals surface area contributed by atoms with Gasteiger partial charge in [-0.05, 0) is 74.5 Å². The molecule has 0 aromatic carbocycles. The van der Waals surface area contributed by atoms with E-state index < -0.39 is 5.60 Å². The predicted octanol–water partition coefficient (Wildman–Crippen LogP) is 3.89. The van der Waals surface area contributed by atoms with Crippen LogP contribution in [0.4, 0.5) is 0 Å². The molecule has 3 saturated carbocycles. The molecule has 1 N–H and O–H groups in total. The summed E-state index contributed by atoms with van der Waals surface area (Å²) in [5, 5.41) is 10.9. The highest BCUT2D eigenvalue weighted by molar-refractivity contribution is 5.65. The summed E-state index contributed by atoms with van der Waals surface area (Å²) in [5.41, 5.74) is 0.609. The topological polar surface area (TPSA) is 46.5 Å². The fraction of sp³-hybridized carbons (Fsp3) is 0.857. The Morgan fingerprint density at radius 1 is 1.17 bits per heavy atom. The number of aldehydes is 1. The van der Waals surface area contributed by atoms with Crippen LogP contribution in [0.5, 0.6) is 0 Å². The van der Waals surface area contributed by atoms with Gasteiger partial charge in [-0.3, -0.25) is 0 Å². The van der Waals surface area contributed by atoms with Crippen LogP contribution in [0.1, 0.15) is 65.2 Å². The molecule has 0 amide bonds. The molecule has 0 bridgehead atoms. The van der Waals surface area contributed by atoms with Gasteiger partial charge in [-0.2, -0.15) is 0 Å². The molecule has 0 heterocycles. The third-order valence-corrected chi connectivity index (χ3v) is 8.80. The molecule has 4 rings (SSSR count). The summed E-state index contributed by atoms with van der Waals surface area (Å²) in [6, 6.07) is 0. The first kappa shape index (κ1) is 16.8. The molecule has 134 valence electrons. The highest BCUT2D eigenvalue weighted by Crippen LogP contribution is 2.66. The van der Waals surface area contributed by atoms with Gasteiger partial charge in [-0.1, -0.05) is 25.5 Å². The summed E-state index contributed by atoms with van der Waals surface area (Å²) in [6.07, 6.45) is 12.1. The van der Waals surface area contributed by atoms with Crippen LogP contribution in [-0.2, 0) is 9.53 Å². The van der Waals surface area contributed by atoms with E-state index in [4.69, 9.17) is 4.74 Å². The van der Waals surface area contributed by atoms with Gasteiger partial charge in [0.2, 0.25) is 0 Å². The quantitative estimate of drug-likeness (QED) is 0.616.